The number of hydrogen-bond acceptors (Lipinski definition) is 3. The molecule has 1 aromatic carbocycles. The van der Waals surface area contributed by atoms with E-state index in [0.29, 0.717) is 16.9 Å². The number of amides is 1. The zero-order valence-electron chi connectivity index (χ0n) is 9.77. The van der Waals surface area contributed by atoms with Crippen molar-refractivity contribution >= 4 is 17.3 Å². The number of benzene rings is 1. The van der Waals surface area contributed by atoms with Gasteiger partial charge in [-0.05, 0) is 30.7 Å². The molecule has 0 saturated heterocycles. The van der Waals surface area contributed by atoms with E-state index in [2.05, 4.69) is 10.3 Å². The molecule has 0 saturated carbocycles. The normalized spacial score (nSPS) is 10.1. The van der Waals surface area contributed by atoms with Crippen LogP contribution in [0.3, 0.4) is 0 Å². The van der Waals surface area contributed by atoms with E-state index >= 15 is 0 Å². The maximum atomic E-state index is 13.3. The second-order valence-corrected chi connectivity index (χ2v) is 3.88. The molecule has 0 aliphatic heterocycles. The predicted molar refractivity (Wildman–Crippen MR) is 67.7 cm³/mol. The van der Waals surface area contributed by atoms with Crippen molar-refractivity contribution in [2.75, 3.05) is 11.1 Å². The van der Waals surface area contributed by atoms with Gasteiger partial charge in [-0.15, -0.1) is 0 Å². The maximum absolute atomic E-state index is 13.3. The SMILES string of the molecule is Cc1ccc(C(=O)Nc2ccncc2N)cc1F. The molecule has 0 unspecified atom stereocenters. The molecule has 5 heteroatoms. The predicted octanol–water partition coefficient (Wildman–Crippen LogP) is 2.36. The molecule has 2 rings (SSSR count). The monoisotopic (exact) mass is 245 g/mol. The first-order chi connectivity index (χ1) is 8.58. The van der Waals surface area contributed by atoms with Gasteiger partial charge in [-0.1, -0.05) is 6.07 Å². The molecule has 0 radical (unpaired) electrons. The van der Waals surface area contributed by atoms with Crippen LogP contribution in [0.5, 0.6) is 0 Å². The van der Waals surface area contributed by atoms with E-state index in [0.717, 1.165) is 0 Å². The molecule has 4 nitrogen and oxygen atoms in total. The largest absolute Gasteiger partial charge is 0.396 e. The number of nitrogen functional groups attached to an aromatic ring is 1. The van der Waals surface area contributed by atoms with E-state index in [1.54, 1.807) is 25.1 Å². The molecular formula is C13H12FN3O. The number of nitrogens with two attached hydrogens (primary N) is 1. The lowest BCUT2D eigenvalue weighted by molar-refractivity contribution is 0.102. The summed E-state index contributed by atoms with van der Waals surface area (Å²) in [5.41, 5.74) is 7.20. The maximum Gasteiger partial charge on any atom is 0.255 e. The highest BCUT2D eigenvalue weighted by molar-refractivity contribution is 6.05. The smallest absolute Gasteiger partial charge is 0.255 e. The average Bonchev–Trinajstić information content (AvgIpc) is 2.35. The third-order valence-corrected chi connectivity index (χ3v) is 2.53. The second-order valence-electron chi connectivity index (χ2n) is 3.88. The number of pyridine rings is 1. The van der Waals surface area contributed by atoms with Crippen molar-refractivity contribution in [3.05, 3.63) is 53.6 Å². The first kappa shape index (κ1) is 12.0. The van der Waals surface area contributed by atoms with Gasteiger partial charge in [0.2, 0.25) is 0 Å². The van der Waals surface area contributed by atoms with Crippen LogP contribution in [0, 0.1) is 12.7 Å². The van der Waals surface area contributed by atoms with Crippen LogP contribution < -0.4 is 11.1 Å². The summed E-state index contributed by atoms with van der Waals surface area (Å²) in [6.45, 7) is 1.64. The fourth-order valence-corrected chi connectivity index (χ4v) is 1.45. The van der Waals surface area contributed by atoms with E-state index in [-0.39, 0.29) is 5.56 Å². The van der Waals surface area contributed by atoms with Gasteiger partial charge >= 0.3 is 0 Å². The number of aromatic nitrogens is 1. The van der Waals surface area contributed by atoms with E-state index in [4.69, 9.17) is 5.73 Å². The highest BCUT2D eigenvalue weighted by atomic mass is 19.1. The Balaban J connectivity index is 2.22. The second kappa shape index (κ2) is 4.83. The van der Waals surface area contributed by atoms with Crippen LogP contribution in [0.15, 0.2) is 36.7 Å². The summed E-state index contributed by atoms with van der Waals surface area (Å²) >= 11 is 0. The van der Waals surface area contributed by atoms with Crippen molar-refractivity contribution in [1.29, 1.82) is 0 Å². The number of nitrogens with zero attached hydrogens (tertiary/aromatic N) is 1. The summed E-state index contributed by atoms with van der Waals surface area (Å²) in [6.07, 6.45) is 2.95. The number of rotatable bonds is 2. The molecule has 0 aliphatic carbocycles. The Morgan fingerprint density at radius 1 is 1.39 bits per heavy atom. The van der Waals surface area contributed by atoms with E-state index in [9.17, 15) is 9.18 Å². The van der Waals surface area contributed by atoms with Crippen LogP contribution in [0.4, 0.5) is 15.8 Å². The van der Waals surface area contributed by atoms with Crippen LogP contribution in [0.25, 0.3) is 0 Å². The molecule has 0 bridgehead atoms. The number of nitrogens with one attached hydrogen (secondary N) is 1. The highest BCUT2D eigenvalue weighted by Gasteiger charge is 2.09. The van der Waals surface area contributed by atoms with Gasteiger partial charge in [-0.25, -0.2) is 4.39 Å². The topological polar surface area (TPSA) is 68.0 Å². The molecule has 3 N–H and O–H groups in total. The molecule has 18 heavy (non-hydrogen) atoms. The molecule has 0 spiro atoms. The van der Waals surface area contributed by atoms with Crippen LogP contribution >= 0.6 is 0 Å². The molecule has 1 aromatic heterocycles. The van der Waals surface area contributed by atoms with Crippen molar-refractivity contribution in [3.63, 3.8) is 0 Å². The fraction of sp³-hybridized carbons (Fsp3) is 0.0769. The quantitative estimate of drug-likeness (QED) is 0.853. The Morgan fingerprint density at radius 3 is 2.83 bits per heavy atom. The zero-order chi connectivity index (χ0) is 13.1. The molecular weight excluding hydrogens is 233 g/mol. The minimum Gasteiger partial charge on any atom is -0.396 e. The molecule has 0 atom stereocenters. The fourth-order valence-electron chi connectivity index (χ4n) is 1.45. The van der Waals surface area contributed by atoms with E-state index < -0.39 is 11.7 Å². The molecule has 0 fully saturated rings. The van der Waals surface area contributed by atoms with Crippen molar-refractivity contribution in [1.82, 2.24) is 4.98 Å². The van der Waals surface area contributed by atoms with Crippen LogP contribution in [0.2, 0.25) is 0 Å². The molecule has 1 heterocycles. The number of halogens is 1. The zero-order valence-corrected chi connectivity index (χ0v) is 9.77. The van der Waals surface area contributed by atoms with Gasteiger partial charge < -0.3 is 11.1 Å². The van der Waals surface area contributed by atoms with Gasteiger partial charge in [0, 0.05) is 11.8 Å². The Morgan fingerprint density at radius 2 is 2.17 bits per heavy atom. The average molecular weight is 245 g/mol. The van der Waals surface area contributed by atoms with Gasteiger partial charge in [-0.2, -0.15) is 0 Å². The third kappa shape index (κ3) is 2.45. The van der Waals surface area contributed by atoms with Gasteiger partial charge in [0.05, 0.1) is 17.6 Å². The Kier molecular flexibility index (Phi) is 3.23. The third-order valence-electron chi connectivity index (χ3n) is 2.53. The summed E-state index contributed by atoms with van der Waals surface area (Å²) < 4.78 is 13.3. The van der Waals surface area contributed by atoms with Crippen molar-refractivity contribution in [2.24, 2.45) is 0 Å². The molecule has 2 aromatic rings. The summed E-state index contributed by atoms with van der Waals surface area (Å²) in [5, 5.41) is 2.60. The van der Waals surface area contributed by atoms with Crippen LogP contribution in [0.1, 0.15) is 15.9 Å². The van der Waals surface area contributed by atoms with Crippen molar-refractivity contribution < 1.29 is 9.18 Å². The van der Waals surface area contributed by atoms with Crippen LogP contribution in [-0.2, 0) is 0 Å². The molecule has 92 valence electrons. The summed E-state index contributed by atoms with van der Waals surface area (Å²) in [4.78, 5) is 15.7. The van der Waals surface area contributed by atoms with Gasteiger partial charge in [0.15, 0.2) is 0 Å². The van der Waals surface area contributed by atoms with E-state index in [1.165, 1.54) is 18.5 Å². The Hall–Kier alpha value is -2.43. The summed E-state index contributed by atoms with van der Waals surface area (Å²) in [5.74, 6) is -0.822. The number of aryl methyl sites for hydroxylation is 1. The van der Waals surface area contributed by atoms with Gasteiger partial charge in [0.25, 0.3) is 5.91 Å². The first-order valence-corrected chi connectivity index (χ1v) is 5.35. The summed E-state index contributed by atoms with van der Waals surface area (Å²) in [6, 6.07) is 5.89. The number of hydrogen-bond donors (Lipinski definition) is 2. The number of anilines is 2. The lowest BCUT2D eigenvalue weighted by Gasteiger charge is -2.07. The minimum atomic E-state index is -0.412. The number of carbonyl (C=O) groups excluding carboxylic acids is 1. The van der Waals surface area contributed by atoms with Gasteiger partial charge in [-0.3, -0.25) is 9.78 Å². The molecule has 0 aliphatic rings. The summed E-state index contributed by atoms with van der Waals surface area (Å²) in [7, 11) is 0. The first-order valence-electron chi connectivity index (χ1n) is 5.35. The van der Waals surface area contributed by atoms with Gasteiger partial charge in [0.1, 0.15) is 5.82 Å². The van der Waals surface area contributed by atoms with Crippen molar-refractivity contribution in [2.45, 2.75) is 6.92 Å². The standard InChI is InChI=1S/C13H12FN3O/c1-8-2-3-9(6-10(8)14)13(18)17-12-4-5-16-7-11(12)15/h2-7H,15H2,1H3,(H,16,17,18). The van der Waals surface area contributed by atoms with Crippen molar-refractivity contribution in [3.8, 4) is 0 Å². The number of carbonyl (C=O) groups is 1. The molecule has 1 amide bonds. The van der Waals surface area contributed by atoms with E-state index in [1.807, 2.05) is 0 Å². The Bertz CT molecular complexity index is 599. The Labute approximate surface area is 104 Å². The minimum absolute atomic E-state index is 0.245. The highest BCUT2D eigenvalue weighted by Crippen LogP contribution is 2.17. The lowest BCUT2D eigenvalue weighted by atomic mass is 10.1. The van der Waals surface area contributed by atoms with Crippen LogP contribution in [-0.4, -0.2) is 10.9 Å². The lowest BCUT2D eigenvalue weighted by Crippen LogP contribution is -2.13.